The third-order valence-corrected chi connectivity index (χ3v) is 3.91. The highest BCUT2D eigenvalue weighted by molar-refractivity contribution is 6.30. The van der Waals surface area contributed by atoms with E-state index < -0.39 is 5.91 Å². The topological polar surface area (TPSA) is 72.2 Å². The quantitative estimate of drug-likeness (QED) is 0.686. The molecule has 5 nitrogen and oxygen atoms in total. The zero-order valence-corrected chi connectivity index (χ0v) is 14.4. The second-order valence-corrected chi connectivity index (χ2v) is 5.92. The van der Waals surface area contributed by atoms with Gasteiger partial charge in [-0.1, -0.05) is 23.7 Å². The summed E-state index contributed by atoms with van der Waals surface area (Å²) in [7, 11) is 0. The van der Waals surface area contributed by atoms with E-state index in [2.05, 4.69) is 10.3 Å². The smallest absolute Gasteiger partial charge is 0.277 e. The van der Waals surface area contributed by atoms with Crippen LogP contribution in [0.2, 0.25) is 5.02 Å². The maximum atomic E-state index is 12.5. The van der Waals surface area contributed by atoms with E-state index in [0.29, 0.717) is 27.9 Å². The highest BCUT2D eigenvalue weighted by Crippen LogP contribution is 2.24. The third-order valence-electron chi connectivity index (χ3n) is 3.66. The highest BCUT2D eigenvalue weighted by Gasteiger charge is 2.19. The number of carbonyl (C=O) groups excluding carboxylic acids is 2. The first kappa shape index (κ1) is 16.9. The number of aryl methyl sites for hydroxylation is 1. The lowest BCUT2D eigenvalue weighted by molar-refractivity contribution is 0.101. The van der Waals surface area contributed by atoms with Crippen LogP contribution in [0, 0.1) is 6.92 Å². The molecule has 1 amide bonds. The Hall–Kier alpha value is -2.92. The Morgan fingerprint density at radius 2 is 1.76 bits per heavy atom. The molecule has 126 valence electrons. The number of Topliss-reactive ketones (excluding diaryl/α,β-unsaturated/α-hetero) is 1. The maximum Gasteiger partial charge on any atom is 0.277 e. The number of benzene rings is 2. The van der Waals surface area contributed by atoms with Crippen molar-refractivity contribution >= 4 is 29.0 Å². The Morgan fingerprint density at radius 1 is 1.08 bits per heavy atom. The fraction of sp³-hybridized carbons (Fsp3) is 0.105. The second-order valence-electron chi connectivity index (χ2n) is 5.49. The van der Waals surface area contributed by atoms with E-state index in [1.807, 2.05) is 0 Å². The Bertz CT molecular complexity index is 946. The number of hydrogen-bond donors (Lipinski definition) is 1. The van der Waals surface area contributed by atoms with Gasteiger partial charge in [-0.2, -0.15) is 0 Å². The zero-order chi connectivity index (χ0) is 18.0. The predicted octanol–water partition coefficient (Wildman–Crippen LogP) is 4.76. The van der Waals surface area contributed by atoms with Crippen LogP contribution in [0.4, 0.5) is 5.69 Å². The molecule has 1 heterocycles. The molecular formula is C19H15ClN2O3. The molecule has 0 aliphatic heterocycles. The van der Waals surface area contributed by atoms with Gasteiger partial charge in [0.15, 0.2) is 11.5 Å². The van der Waals surface area contributed by atoms with Crippen LogP contribution >= 0.6 is 11.6 Å². The first-order valence-corrected chi connectivity index (χ1v) is 7.98. The summed E-state index contributed by atoms with van der Waals surface area (Å²) in [6.45, 7) is 3.11. The first-order chi connectivity index (χ1) is 12.0. The summed E-state index contributed by atoms with van der Waals surface area (Å²) in [4.78, 5) is 28.5. The number of rotatable bonds is 4. The van der Waals surface area contributed by atoms with Crippen LogP contribution in [-0.2, 0) is 0 Å². The van der Waals surface area contributed by atoms with E-state index in [1.165, 1.54) is 6.92 Å². The number of oxazole rings is 1. The van der Waals surface area contributed by atoms with Crippen LogP contribution in [0.5, 0.6) is 0 Å². The molecule has 0 radical (unpaired) electrons. The molecule has 0 spiro atoms. The van der Waals surface area contributed by atoms with Crippen LogP contribution in [0.3, 0.4) is 0 Å². The van der Waals surface area contributed by atoms with Crippen molar-refractivity contribution in [3.05, 3.63) is 70.6 Å². The van der Waals surface area contributed by atoms with Crippen LogP contribution in [0.1, 0.15) is 33.5 Å². The standard InChI is InChI=1S/C19H15ClN2O3/c1-11(23)15-5-3-4-6-16(15)21-18(24)17-12(2)25-19(22-17)13-7-9-14(20)10-8-13/h3-10H,1-2H3,(H,21,24). The molecule has 0 saturated carbocycles. The summed E-state index contributed by atoms with van der Waals surface area (Å²) in [6, 6.07) is 13.8. The number of halogens is 1. The van der Waals surface area contributed by atoms with Crippen LogP contribution < -0.4 is 5.32 Å². The van der Waals surface area contributed by atoms with E-state index >= 15 is 0 Å². The minimum Gasteiger partial charge on any atom is -0.441 e. The van der Waals surface area contributed by atoms with Gasteiger partial charge in [0.25, 0.3) is 5.91 Å². The minimum atomic E-state index is -0.435. The van der Waals surface area contributed by atoms with Crippen molar-refractivity contribution in [1.82, 2.24) is 4.98 Å². The van der Waals surface area contributed by atoms with Gasteiger partial charge in [-0.25, -0.2) is 4.98 Å². The highest BCUT2D eigenvalue weighted by atomic mass is 35.5. The molecule has 1 aromatic heterocycles. The number of nitrogens with one attached hydrogen (secondary N) is 1. The predicted molar refractivity (Wildman–Crippen MR) is 96.1 cm³/mol. The van der Waals surface area contributed by atoms with Gasteiger partial charge in [0.1, 0.15) is 5.76 Å². The van der Waals surface area contributed by atoms with Crippen molar-refractivity contribution in [3.63, 3.8) is 0 Å². The minimum absolute atomic E-state index is 0.130. The van der Waals surface area contributed by atoms with Crippen molar-refractivity contribution < 1.29 is 14.0 Å². The Kier molecular flexibility index (Phi) is 4.67. The SMILES string of the molecule is CC(=O)c1ccccc1NC(=O)c1nc(-c2ccc(Cl)cc2)oc1C. The molecule has 0 aliphatic carbocycles. The number of anilines is 1. The van der Waals surface area contributed by atoms with Gasteiger partial charge in [0.05, 0.1) is 5.69 Å². The Morgan fingerprint density at radius 3 is 2.44 bits per heavy atom. The van der Waals surface area contributed by atoms with Crippen LogP contribution in [0.15, 0.2) is 52.9 Å². The van der Waals surface area contributed by atoms with Gasteiger partial charge in [-0.3, -0.25) is 9.59 Å². The molecule has 0 atom stereocenters. The normalized spacial score (nSPS) is 10.5. The molecule has 6 heteroatoms. The molecule has 0 saturated heterocycles. The number of nitrogens with zero attached hydrogens (tertiary/aromatic N) is 1. The molecule has 2 aromatic carbocycles. The van der Waals surface area contributed by atoms with Crippen molar-refractivity contribution in [2.75, 3.05) is 5.32 Å². The van der Waals surface area contributed by atoms with Gasteiger partial charge < -0.3 is 9.73 Å². The number of carbonyl (C=O) groups is 2. The molecule has 3 aromatic rings. The van der Waals surface area contributed by atoms with E-state index in [-0.39, 0.29) is 11.5 Å². The monoisotopic (exact) mass is 354 g/mol. The molecule has 1 N–H and O–H groups in total. The lowest BCUT2D eigenvalue weighted by Gasteiger charge is -2.07. The maximum absolute atomic E-state index is 12.5. The van der Waals surface area contributed by atoms with Gasteiger partial charge in [-0.05, 0) is 50.2 Å². The van der Waals surface area contributed by atoms with Crippen molar-refractivity contribution in [2.24, 2.45) is 0 Å². The van der Waals surface area contributed by atoms with E-state index in [4.69, 9.17) is 16.0 Å². The van der Waals surface area contributed by atoms with Gasteiger partial charge in [-0.15, -0.1) is 0 Å². The lowest BCUT2D eigenvalue weighted by atomic mass is 10.1. The molecule has 3 rings (SSSR count). The summed E-state index contributed by atoms with van der Waals surface area (Å²) in [5, 5.41) is 3.32. The molecule has 0 fully saturated rings. The largest absolute Gasteiger partial charge is 0.441 e. The van der Waals surface area contributed by atoms with Crippen molar-refractivity contribution in [3.8, 4) is 11.5 Å². The molecule has 0 aliphatic rings. The average molecular weight is 355 g/mol. The molecule has 25 heavy (non-hydrogen) atoms. The summed E-state index contributed by atoms with van der Waals surface area (Å²) in [5.41, 5.74) is 1.77. The Labute approximate surface area is 149 Å². The summed E-state index contributed by atoms with van der Waals surface area (Å²) in [6.07, 6.45) is 0. The van der Waals surface area contributed by atoms with Crippen LogP contribution in [0.25, 0.3) is 11.5 Å². The first-order valence-electron chi connectivity index (χ1n) is 7.60. The third kappa shape index (κ3) is 3.61. The van der Waals surface area contributed by atoms with Gasteiger partial charge in [0.2, 0.25) is 5.89 Å². The summed E-state index contributed by atoms with van der Waals surface area (Å²) in [5.74, 6) is 0.159. The fourth-order valence-corrected chi connectivity index (χ4v) is 2.53. The molecular weight excluding hydrogens is 340 g/mol. The average Bonchev–Trinajstić information content (AvgIpc) is 2.97. The van der Waals surface area contributed by atoms with Gasteiger partial charge in [0, 0.05) is 16.1 Å². The number of ketones is 1. The Balaban J connectivity index is 1.89. The van der Waals surface area contributed by atoms with E-state index in [0.717, 1.165) is 5.56 Å². The fourth-order valence-electron chi connectivity index (χ4n) is 2.40. The summed E-state index contributed by atoms with van der Waals surface area (Å²) >= 11 is 5.87. The second kappa shape index (κ2) is 6.91. The number of hydrogen-bond acceptors (Lipinski definition) is 4. The van der Waals surface area contributed by atoms with Crippen molar-refractivity contribution in [2.45, 2.75) is 13.8 Å². The van der Waals surface area contributed by atoms with E-state index in [1.54, 1.807) is 55.5 Å². The van der Waals surface area contributed by atoms with Crippen molar-refractivity contribution in [1.29, 1.82) is 0 Å². The zero-order valence-electron chi connectivity index (χ0n) is 13.7. The van der Waals surface area contributed by atoms with Gasteiger partial charge >= 0.3 is 0 Å². The molecule has 0 unspecified atom stereocenters. The number of aromatic nitrogens is 1. The van der Waals surface area contributed by atoms with E-state index in [9.17, 15) is 9.59 Å². The summed E-state index contributed by atoms with van der Waals surface area (Å²) < 4.78 is 5.60. The number of para-hydroxylation sites is 1. The molecule has 0 bridgehead atoms. The lowest BCUT2D eigenvalue weighted by Crippen LogP contribution is -2.15. The number of amides is 1. The van der Waals surface area contributed by atoms with Crippen LogP contribution in [-0.4, -0.2) is 16.7 Å².